The van der Waals surface area contributed by atoms with Gasteiger partial charge in [0.05, 0.1) is 6.04 Å². The molecule has 35 heavy (non-hydrogen) atoms. The minimum Gasteiger partial charge on any atom is -0.479 e. The molecule has 4 atom stereocenters. The Labute approximate surface area is 204 Å². The molecule has 8 nitrogen and oxygen atoms in total. The minimum atomic E-state index is -1.06. The normalized spacial score (nSPS) is 25.4. The number of hydrogen-bond acceptors (Lipinski definition) is 5. The van der Waals surface area contributed by atoms with Crippen LogP contribution in [0.2, 0.25) is 0 Å². The standard InChI is InChI=1S/C27H30N2O6/c30-25(29-23-12-13-34-24(23)26(31)32)16-6-5-7-17(14-16)28-27(33)35-15-22-20-10-3-1-8-18(20)19-9-2-4-11-21(19)22/h1-4,8-11,16-17,22-24H,5-7,12-15H2,(H,28,33)(H,29,30)(H,31,32)/t16-,17+,23?,24?/m0/s1. The minimum absolute atomic E-state index is 0.00570. The van der Waals surface area contributed by atoms with E-state index in [1.807, 2.05) is 24.3 Å². The van der Waals surface area contributed by atoms with Crippen LogP contribution in [0.5, 0.6) is 0 Å². The lowest BCUT2D eigenvalue weighted by molar-refractivity contribution is -0.148. The zero-order valence-electron chi connectivity index (χ0n) is 19.4. The Kier molecular flexibility index (Phi) is 6.72. The molecule has 0 spiro atoms. The molecule has 1 saturated heterocycles. The summed E-state index contributed by atoms with van der Waals surface area (Å²) in [5, 5.41) is 15.0. The highest BCUT2D eigenvalue weighted by Crippen LogP contribution is 2.44. The Balaban J connectivity index is 1.14. The molecule has 3 N–H and O–H groups in total. The van der Waals surface area contributed by atoms with Gasteiger partial charge in [-0.1, -0.05) is 55.0 Å². The Morgan fingerprint density at radius 1 is 0.943 bits per heavy atom. The van der Waals surface area contributed by atoms with Gasteiger partial charge >= 0.3 is 12.1 Å². The van der Waals surface area contributed by atoms with Gasteiger partial charge in [0.1, 0.15) is 6.61 Å². The van der Waals surface area contributed by atoms with Crippen molar-refractivity contribution < 1.29 is 29.0 Å². The molecule has 184 valence electrons. The van der Waals surface area contributed by atoms with Gasteiger partial charge in [0.15, 0.2) is 6.10 Å². The van der Waals surface area contributed by atoms with Crippen molar-refractivity contribution in [2.24, 2.45) is 5.92 Å². The van der Waals surface area contributed by atoms with Gasteiger partial charge in [-0.25, -0.2) is 9.59 Å². The largest absolute Gasteiger partial charge is 0.479 e. The lowest BCUT2D eigenvalue weighted by Crippen LogP contribution is -2.48. The van der Waals surface area contributed by atoms with Crippen molar-refractivity contribution in [2.45, 2.75) is 56.2 Å². The molecule has 1 heterocycles. The average molecular weight is 479 g/mol. The molecule has 3 aliphatic rings. The molecule has 8 heteroatoms. The summed E-state index contributed by atoms with van der Waals surface area (Å²) in [4.78, 5) is 36.7. The molecular weight excluding hydrogens is 448 g/mol. The number of carboxylic acid groups (broad SMARTS) is 1. The van der Waals surface area contributed by atoms with Crippen LogP contribution in [0.1, 0.15) is 49.1 Å². The molecule has 2 aromatic rings. The second-order valence-corrected chi connectivity index (χ2v) is 9.56. The lowest BCUT2D eigenvalue weighted by Gasteiger charge is -2.30. The number of alkyl carbamates (subject to hydrolysis) is 1. The van der Waals surface area contributed by atoms with E-state index in [2.05, 4.69) is 34.9 Å². The van der Waals surface area contributed by atoms with Gasteiger partial charge in [-0.05, 0) is 47.9 Å². The van der Waals surface area contributed by atoms with Crippen LogP contribution in [0, 0.1) is 5.92 Å². The molecule has 1 aliphatic heterocycles. The van der Waals surface area contributed by atoms with Crippen molar-refractivity contribution in [1.29, 1.82) is 0 Å². The van der Waals surface area contributed by atoms with E-state index in [-0.39, 0.29) is 30.4 Å². The summed E-state index contributed by atoms with van der Waals surface area (Å²) in [6.45, 7) is 0.563. The number of ether oxygens (including phenoxy) is 2. The van der Waals surface area contributed by atoms with Crippen molar-refractivity contribution in [3.8, 4) is 11.1 Å². The number of fused-ring (bicyclic) bond motifs is 3. The quantitative estimate of drug-likeness (QED) is 0.586. The van der Waals surface area contributed by atoms with Crippen LogP contribution < -0.4 is 10.6 Å². The number of rotatable bonds is 6. The Bertz CT molecular complexity index is 1070. The third kappa shape index (κ3) is 4.89. The summed E-state index contributed by atoms with van der Waals surface area (Å²) in [7, 11) is 0. The van der Waals surface area contributed by atoms with Crippen LogP contribution in [-0.4, -0.2) is 54.5 Å². The fourth-order valence-corrected chi connectivity index (χ4v) is 5.65. The van der Waals surface area contributed by atoms with Crippen LogP contribution in [0.15, 0.2) is 48.5 Å². The number of carbonyl (C=O) groups excluding carboxylic acids is 2. The van der Waals surface area contributed by atoms with Gasteiger partial charge < -0.3 is 25.2 Å². The Morgan fingerprint density at radius 2 is 1.63 bits per heavy atom. The molecule has 0 bridgehead atoms. The summed E-state index contributed by atoms with van der Waals surface area (Å²) in [5.74, 6) is -1.52. The number of aliphatic carboxylic acids is 1. The molecule has 0 aromatic heterocycles. The van der Waals surface area contributed by atoms with E-state index < -0.39 is 24.2 Å². The maximum atomic E-state index is 12.8. The second-order valence-electron chi connectivity index (χ2n) is 9.56. The zero-order chi connectivity index (χ0) is 24.4. The van der Waals surface area contributed by atoms with E-state index in [0.29, 0.717) is 25.9 Å². The van der Waals surface area contributed by atoms with Gasteiger partial charge in [-0.3, -0.25) is 4.79 Å². The maximum absolute atomic E-state index is 12.8. The van der Waals surface area contributed by atoms with Crippen LogP contribution in [0.25, 0.3) is 11.1 Å². The first-order valence-corrected chi connectivity index (χ1v) is 12.3. The summed E-state index contributed by atoms with van der Waals surface area (Å²) in [5.41, 5.74) is 4.67. The lowest BCUT2D eigenvalue weighted by atomic mass is 9.85. The molecule has 0 radical (unpaired) electrons. The van der Waals surface area contributed by atoms with Gasteiger partial charge in [0.25, 0.3) is 0 Å². The van der Waals surface area contributed by atoms with Crippen LogP contribution in [-0.2, 0) is 19.1 Å². The van der Waals surface area contributed by atoms with Crippen molar-refractivity contribution >= 4 is 18.0 Å². The summed E-state index contributed by atoms with van der Waals surface area (Å²) >= 11 is 0. The van der Waals surface area contributed by atoms with Gasteiger partial charge in [-0.2, -0.15) is 0 Å². The average Bonchev–Trinajstić information content (AvgIpc) is 3.45. The zero-order valence-corrected chi connectivity index (χ0v) is 19.4. The second kappa shape index (κ2) is 10.1. The number of carbonyl (C=O) groups is 3. The molecule has 2 aromatic carbocycles. The van der Waals surface area contributed by atoms with Gasteiger partial charge in [-0.15, -0.1) is 0 Å². The third-order valence-electron chi connectivity index (χ3n) is 7.37. The van der Waals surface area contributed by atoms with Crippen molar-refractivity contribution in [3.05, 3.63) is 59.7 Å². The number of amides is 2. The van der Waals surface area contributed by atoms with Gasteiger partial charge in [0, 0.05) is 24.5 Å². The molecule has 2 unspecified atom stereocenters. The van der Waals surface area contributed by atoms with E-state index in [9.17, 15) is 19.5 Å². The predicted octanol–water partition coefficient (Wildman–Crippen LogP) is 3.44. The van der Waals surface area contributed by atoms with Crippen molar-refractivity contribution in [3.63, 3.8) is 0 Å². The van der Waals surface area contributed by atoms with Crippen LogP contribution >= 0.6 is 0 Å². The molecule has 2 amide bonds. The fourth-order valence-electron chi connectivity index (χ4n) is 5.65. The predicted molar refractivity (Wildman–Crippen MR) is 128 cm³/mol. The van der Waals surface area contributed by atoms with E-state index in [0.717, 1.165) is 24.0 Å². The first-order chi connectivity index (χ1) is 17.0. The number of hydrogen-bond donors (Lipinski definition) is 3. The Hall–Kier alpha value is -3.39. The van der Waals surface area contributed by atoms with Gasteiger partial charge in [0.2, 0.25) is 5.91 Å². The first kappa shape index (κ1) is 23.4. The molecular formula is C27H30N2O6. The SMILES string of the molecule is O=C(N[C@@H]1CCC[C@H](C(=O)NC2CCOC2C(=O)O)C1)OCC1c2ccccc2-c2ccccc21. The van der Waals surface area contributed by atoms with Crippen LogP contribution in [0.3, 0.4) is 0 Å². The van der Waals surface area contributed by atoms with Crippen LogP contribution in [0.4, 0.5) is 4.79 Å². The molecule has 2 fully saturated rings. The van der Waals surface area contributed by atoms with E-state index >= 15 is 0 Å². The third-order valence-corrected chi connectivity index (χ3v) is 7.37. The highest BCUT2D eigenvalue weighted by atomic mass is 16.5. The van der Waals surface area contributed by atoms with Crippen molar-refractivity contribution in [1.82, 2.24) is 10.6 Å². The maximum Gasteiger partial charge on any atom is 0.407 e. The highest BCUT2D eigenvalue weighted by Gasteiger charge is 2.37. The number of carboxylic acids is 1. The first-order valence-electron chi connectivity index (χ1n) is 12.3. The highest BCUT2D eigenvalue weighted by molar-refractivity contribution is 5.81. The summed E-state index contributed by atoms with van der Waals surface area (Å²) < 4.78 is 10.9. The van der Waals surface area contributed by atoms with E-state index in [1.54, 1.807) is 0 Å². The smallest absolute Gasteiger partial charge is 0.407 e. The molecule has 2 aliphatic carbocycles. The monoisotopic (exact) mass is 478 g/mol. The van der Waals surface area contributed by atoms with E-state index in [4.69, 9.17) is 9.47 Å². The summed E-state index contributed by atoms with van der Waals surface area (Å²) in [6.07, 6.45) is 1.79. The fraction of sp³-hybridized carbons (Fsp3) is 0.444. The number of benzene rings is 2. The summed E-state index contributed by atoms with van der Waals surface area (Å²) in [6, 6.07) is 15.7. The number of nitrogens with one attached hydrogen (secondary N) is 2. The van der Waals surface area contributed by atoms with Crippen molar-refractivity contribution in [2.75, 3.05) is 13.2 Å². The molecule has 5 rings (SSSR count). The Morgan fingerprint density at radius 3 is 2.31 bits per heavy atom. The topological polar surface area (TPSA) is 114 Å². The molecule has 1 saturated carbocycles. The van der Waals surface area contributed by atoms with E-state index in [1.165, 1.54) is 11.1 Å².